The Morgan fingerprint density at radius 3 is 2.60 bits per heavy atom. The molecular weight excluding hydrogens is 270 g/mol. The lowest BCUT2D eigenvalue weighted by Gasteiger charge is -2.42. The zero-order valence-corrected chi connectivity index (χ0v) is 13.6. The van der Waals surface area contributed by atoms with Crippen molar-refractivity contribution in [1.29, 1.82) is 0 Å². The van der Waals surface area contributed by atoms with Gasteiger partial charge in [-0.25, -0.2) is 0 Å². The van der Waals surface area contributed by atoms with Gasteiger partial charge in [0.1, 0.15) is 0 Å². The summed E-state index contributed by atoms with van der Waals surface area (Å²) < 4.78 is 11.9. The predicted octanol–water partition coefficient (Wildman–Crippen LogP) is 3.33. The average Bonchev–Trinajstić information content (AvgIpc) is 3.11. The van der Waals surface area contributed by atoms with Crippen LogP contribution in [0, 0.1) is 0 Å². The van der Waals surface area contributed by atoms with Crippen molar-refractivity contribution in [3.05, 3.63) is 0 Å². The normalized spacial score (nSPS) is 34.0. The molecule has 20 heavy (non-hydrogen) atoms. The first-order valence-electron chi connectivity index (χ1n) is 8.48. The second kappa shape index (κ2) is 6.99. The summed E-state index contributed by atoms with van der Waals surface area (Å²) in [4.78, 5) is 0. The van der Waals surface area contributed by atoms with Crippen molar-refractivity contribution < 1.29 is 9.47 Å². The third-order valence-corrected chi connectivity index (χ3v) is 6.64. The van der Waals surface area contributed by atoms with Crippen LogP contribution in [0.5, 0.6) is 0 Å². The maximum absolute atomic E-state index is 5.97. The highest BCUT2D eigenvalue weighted by molar-refractivity contribution is 8.00. The molecule has 4 heteroatoms. The van der Waals surface area contributed by atoms with Crippen LogP contribution in [0.4, 0.5) is 0 Å². The van der Waals surface area contributed by atoms with E-state index in [0.717, 1.165) is 37.9 Å². The molecule has 3 aliphatic rings. The van der Waals surface area contributed by atoms with Gasteiger partial charge in [0.05, 0.1) is 13.2 Å². The van der Waals surface area contributed by atoms with E-state index in [1.54, 1.807) is 0 Å². The molecule has 116 valence electrons. The first-order valence-corrected chi connectivity index (χ1v) is 9.42. The van der Waals surface area contributed by atoms with E-state index in [0.29, 0.717) is 11.3 Å². The summed E-state index contributed by atoms with van der Waals surface area (Å²) in [6, 6.07) is 0.652. The molecule has 2 unspecified atom stereocenters. The lowest BCUT2D eigenvalue weighted by atomic mass is 9.89. The average molecular weight is 299 g/mol. The quantitative estimate of drug-likeness (QED) is 0.843. The second-order valence-corrected chi connectivity index (χ2v) is 8.04. The van der Waals surface area contributed by atoms with Crippen molar-refractivity contribution in [3.63, 3.8) is 0 Å². The molecule has 0 aromatic carbocycles. The number of nitrogens with one attached hydrogen (secondary N) is 1. The van der Waals surface area contributed by atoms with Crippen LogP contribution in [0.2, 0.25) is 0 Å². The number of hydrogen-bond acceptors (Lipinski definition) is 4. The monoisotopic (exact) mass is 299 g/mol. The Bertz CT molecular complexity index is 301. The minimum atomic E-state index is -0.235. The maximum atomic E-state index is 5.97. The molecule has 2 saturated carbocycles. The van der Waals surface area contributed by atoms with Crippen molar-refractivity contribution in [2.24, 2.45) is 0 Å². The van der Waals surface area contributed by atoms with Crippen LogP contribution in [-0.4, -0.2) is 42.1 Å². The number of ether oxygens (including phenoxy) is 2. The van der Waals surface area contributed by atoms with E-state index in [-0.39, 0.29) is 5.79 Å². The summed E-state index contributed by atoms with van der Waals surface area (Å²) in [5.74, 6) is -0.235. The van der Waals surface area contributed by atoms with Crippen LogP contribution in [0.25, 0.3) is 0 Å². The summed E-state index contributed by atoms with van der Waals surface area (Å²) >= 11 is 2.23. The molecule has 0 aromatic heterocycles. The Morgan fingerprint density at radius 2 is 1.90 bits per heavy atom. The molecule has 1 spiro atoms. The molecule has 1 saturated heterocycles. The fourth-order valence-corrected chi connectivity index (χ4v) is 5.72. The van der Waals surface area contributed by atoms with Crippen molar-refractivity contribution in [2.75, 3.05) is 19.8 Å². The van der Waals surface area contributed by atoms with E-state index >= 15 is 0 Å². The van der Waals surface area contributed by atoms with Gasteiger partial charge in [0.15, 0.2) is 5.79 Å². The molecule has 3 rings (SSSR count). The van der Waals surface area contributed by atoms with Crippen LogP contribution in [0.15, 0.2) is 0 Å². The van der Waals surface area contributed by atoms with Gasteiger partial charge in [-0.05, 0) is 32.2 Å². The smallest absolute Gasteiger partial charge is 0.169 e. The molecule has 2 atom stereocenters. The van der Waals surface area contributed by atoms with Crippen molar-refractivity contribution in [3.8, 4) is 0 Å². The van der Waals surface area contributed by atoms with Gasteiger partial charge >= 0.3 is 0 Å². The Hall–Kier alpha value is 0.230. The zero-order valence-electron chi connectivity index (χ0n) is 12.7. The van der Waals surface area contributed by atoms with Crippen LogP contribution < -0.4 is 5.32 Å². The number of rotatable bonds is 5. The van der Waals surface area contributed by atoms with Gasteiger partial charge in [-0.15, -0.1) is 0 Å². The summed E-state index contributed by atoms with van der Waals surface area (Å²) in [7, 11) is 0. The lowest BCUT2D eigenvalue weighted by Crippen LogP contribution is -2.50. The van der Waals surface area contributed by atoms with Crippen LogP contribution in [-0.2, 0) is 9.47 Å². The third kappa shape index (κ3) is 3.52. The van der Waals surface area contributed by atoms with E-state index < -0.39 is 0 Å². The van der Waals surface area contributed by atoms with E-state index in [4.69, 9.17) is 9.47 Å². The van der Waals surface area contributed by atoms with Crippen molar-refractivity contribution >= 4 is 11.8 Å². The largest absolute Gasteiger partial charge is 0.347 e. The minimum Gasteiger partial charge on any atom is -0.347 e. The fraction of sp³-hybridized carbons (Fsp3) is 1.00. The van der Waals surface area contributed by atoms with E-state index in [9.17, 15) is 0 Å². The van der Waals surface area contributed by atoms with Gasteiger partial charge in [-0.2, -0.15) is 11.8 Å². The van der Waals surface area contributed by atoms with Gasteiger partial charge in [0.25, 0.3) is 0 Å². The molecule has 0 bridgehead atoms. The summed E-state index contributed by atoms with van der Waals surface area (Å²) in [5.41, 5.74) is 0. The molecule has 0 radical (unpaired) electrons. The summed E-state index contributed by atoms with van der Waals surface area (Å²) in [6.07, 6.45) is 10.2. The van der Waals surface area contributed by atoms with Crippen LogP contribution in [0.3, 0.4) is 0 Å². The standard InChI is InChI=1S/C16H29NO2S/c1-2-9-17-14-7-8-16(18-10-11-19-16)12-15(14)20-13-5-3-4-6-13/h13-15,17H,2-12H2,1H3. The van der Waals surface area contributed by atoms with Crippen LogP contribution in [0.1, 0.15) is 58.3 Å². The van der Waals surface area contributed by atoms with Gasteiger partial charge in [-0.1, -0.05) is 19.8 Å². The first kappa shape index (κ1) is 15.1. The number of hydrogen-bond donors (Lipinski definition) is 1. The Morgan fingerprint density at radius 1 is 1.15 bits per heavy atom. The van der Waals surface area contributed by atoms with Gasteiger partial charge < -0.3 is 14.8 Å². The van der Waals surface area contributed by atoms with E-state index in [1.807, 2.05) is 0 Å². The highest BCUT2D eigenvalue weighted by Crippen LogP contribution is 2.44. The zero-order chi connectivity index (χ0) is 13.8. The van der Waals surface area contributed by atoms with Crippen molar-refractivity contribution in [2.45, 2.75) is 80.6 Å². The van der Waals surface area contributed by atoms with Crippen LogP contribution >= 0.6 is 11.8 Å². The summed E-state index contributed by atoms with van der Waals surface area (Å²) in [5, 5.41) is 5.31. The molecule has 3 nitrogen and oxygen atoms in total. The molecule has 1 aliphatic heterocycles. The first-order chi connectivity index (χ1) is 9.81. The minimum absolute atomic E-state index is 0.235. The molecule has 1 heterocycles. The maximum Gasteiger partial charge on any atom is 0.169 e. The SMILES string of the molecule is CCCNC1CCC2(CC1SC1CCCC1)OCCO2. The Kier molecular flexibility index (Phi) is 5.29. The number of thioether (sulfide) groups is 1. The Balaban J connectivity index is 1.61. The van der Waals surface area contributed by atoms with E-state index in [2.05, 4.69) is 24.0 Å². The van der Waals surface area contributed by atoms with Gasteiger partial charge in [-0.3, -0.25) is 0 Å². The van der Waals surface area contributed by atoms with E-state index in [1.165, 1.54) is 38.5 Å². The summed E-state index contributed by atoms with van der Waals surface area (Å²) in [6.45, 7) is 4.96. The topological polar surface area (TPSA) is 30.5 Å². The van der Waals surface area contributed by atoms with Gasteiger partial charge in [0.2, 0.25) is 0 Å². The highest BCUT2D eigenvalue weighted by Gasteiger charge is 2.45. The highest BCUT2D eigenvalue weighted by atomic mass is 32.2. The lowest BCUT2D eigenvalue weighted by molar-refractivity contribution is -0.178. The molecule has 2 aliphatic carbocycles. The van der Waals surface area contributed by atoms with Crippen molar-refractivity contribution in [1.82, 2.24) is 5.32 Å². The molecule has 1 N–H and O–H groups in total. The molecular formula is C16H29NO2S. The fourth-order valence-electron chi connectivity index (χ4n) is 3.85. The Labute approximate surface area is 127 Å². The predicted molar refractivity (Wildman–Crippen MR) is 84.2 cm³/mol. The third-order valence-electron chi connectivity index (χ3n) is 4.94. The second-order valence-electron chi connectivity index (χ2n) is 6.49. The molecule has 0 aromatic rings. The molecule has 3 fully saturated rings. The van der Waals surface area contributed by atoms with Gasteiger partial charge in [0, 0.05) is 29.4 Å². The molecule has 0 amide bonds.